The van der Waals surface area contributed by atoms with Crippen LogP contribution in [0.1, 0.15) is 16.7 Å². The average molecular weight is 401 g/mol. The predicted molar refractivity (Wildman–Crippen MR) is 118 cm³/mol. The van der Waals surface area contributed by atoms with E-state index in [0.717, 1.165) is 11.1 Å². The van der Waals surface area contributed by atoms with Gasteiger partial charge in [0.05, 0.1) is 12.7 Å². The number of nitrogens with one attached hydrogen (secondary N) is 1. The van der Waals surface area contributed by atoms with Crippen molar-refractivity contribution in [3.8, 4) is 5.75 Å². The van der Waals surface area contributed by atoms with Crippen molar-refractivity contribution < 1.29 is 19.1 Å². The molecule has 5 heteroatoms. The molecule has 0 heterocycles. The van der Waals surface area contributed by atoms with Gasteiger partial charge in [0.25, 0.3) is 5.91 Å². The SMILES string of the molecule is COc1ccccc1/C=C(/C(=O)OCC(=O)Nc1cccc(C)c1)c1ccccc1. The highest BCUT2D eigenvalue weighted by Crippen LogP contribution is 2.25. The lowest BCUT2D eigenvalue weighted by Gasteiger charge is -2.11. The Hall–Kier alpha value is -3.86. The molecule has 152 valence electrons. The lowest BCUT2D eigenvalue weighted by molar-refractivity contribution is -0.141. The molecule has 0 saturated carbocycles. The summed E-state index contributed by atoms with van der Waals surface area (Å²) >= 11 is 0. The summed E-state index contributed by atoms with van der Waals surface area (Å²) in [6, 6.07) is 23.9. The molecule has 0 aromatic heterocycles. The summed E-state index contributed by atoms with van der Waals surface area (Å²) in [5.41, 5.74) is 3.44. The number of anilines is 1. The lowest BCUT2D eigenvalue weighted by atomic mass is 10.0. The van der Waals surface area contributed by atoms with Gasteiger partial charge in [-0.15, -0.1) is 0 Å². The van der Waals surface area contributed by atoms with Crippen molar-refractivity contribution in [3.05, 3.63) is 95.6 Å². The quantitative estimate of drug-likeness (QED) is 0.353. The molecule has 3 rings (SSSR count). The summed E-state index contributed by atoms with van der Waals surface area (Å²) in [4.78, 5) is 25.1. The van der Waals surface area contributed by atoms with Gasteiger partial charge in [-0.1, -0.05) is 60.7 Å². The van der Waals surface area contributed by atoms with Gasteiger partial charge < -0.3 is 14.8 Å². The van der Waals surface area contributed by atoms with Crippen LogP contribution in [-0.2, 0) is 14.3 Å². The molecule has 0 atom stereocenters. The van der Waals surface area contributed by atoms with Crippen LogP contribution in [0.15, 0.2) is 78.9 Å². The minimum Gasteiger partial charge on any atom is -0.496 e. The van der Waals surface area contributed by atoms with E-state index in [1.54, 1.807) is 19.3 Å². The molecule has 0 aliphatic rings. The number of aryl methyl sites for hydroxylation is 1. The van der Waals surface area contributed by atoms with Gasteiger partial charge >= 0.3 is 5.97 Å². The van der Waals surface area contributed by atoms with Gasteiger partial charge in [0.1, 0.15) is 5.75 Å². The van der Waals surface area contributed by atoms with E-state index in [1.165, 1.54) is 0 Å². The van der Waals surface area contributed by atoms with E-state index < -0.39 is 11.9 Å². The van der Waals surface area contributed by atoms with Gasteiger partial charge in [-0.25, -0.2) is 4.79 Å². The van der Waals surface area contributed by atoms with Crippen LogP contribution in [0.3, 0.4) is 0 Å². The highest BCUT2D eigenvalue weighted by atomic mass is 16.5. The number of esters is 1. The fourth-order valence-corrected chi connectivity index (χ4v) is 2.95. The molecule has 3 aromatic carbocycles. The summed E-state index contributed by atoms with van der Waals surface area (Å²) in [7, 11) is 1.57. The number of methoxy groups -OCH3 is 1. The lowest BCUT2D eigenvalue weighted by Crippen LogP contribution is -2.21. The molecule has 0 spiro atoms. The Morgan fingerprint density at radius 1 is 0.933 bits per heavy atom. The molecule has 5 nitrogen and oxygen atoms in total. The smallest absolute Gasteiger partial charge is 0.339 e. The van der Waals surface area contributed by atoms with Gasteiger partial charge in [0, 0.05) is 11.3 Å². The third kappa shape index (κ3) is 5.58. The van der Waals surface area contributed by atoms with Gasteiger partial charge in [0.15, 0.2) is 6.61 Å². The predicted octanol–water partition coefficient (Wildman–Crippen LogP) is 4.73. The molecule has 0 radical (unpaired) electrons. The Kier molecular flexibility index (Phi) is 7.00. The third-order valence-electron chi connectivity index (χ3n) is 4.38. The van der Waals surface area contributed by atoms with Crippen molar-refractivity contribution in [2.45, 2.75) is 6.92 Å². The minimum atomic E-state index is -0.591. The molecule has 1 N–H and O–H groups in total. The van der Waals surface area contributed by atoms with Crippen molar-refractivity contribution in [2.75, 3.05) is 19.0 Å². The van der Waals surface area contributed by atoms with Gasteiger partial charge in [-0.3, -0.25) is 4.79 Å². The normalized spacial score (nSPS) is 10.9. The van der Waals surface area contributed by atoms with Crippen LogP contribution >= 0.6 is 0 Å². The maximum Gasteiger partial charge on any atom is 0.339 e. The van der Waals surface area contributed by atoms with Crippen LogP contribution in [-0.4, -0.2) is 25.6 Å². The van der Waals surface area contributed by atoms with Crippen LogP contribution in [0.2, 0.25) is 0 Å². The first kappa shape index (κ1) is 20.9. The first-order valence-corrected chi connectivity index (χ1v) is 9.50. The van der Waals surface area contributed by atoms with E-state index in [2.05, 4.69) is 5.32 Å². The monoisotopic (exact) mass is 401 g/mol. The Morgan fingerprint density at radius 3 is 2.40 bits per heavy atom. The Bertz CT molecular complexity index is 1060. The number of amides is 1. The average Bonchev–Trinajstić information content (AvgIpc) is 2.76. The van der Waals surface area contributed by atoms with Crippen LogP contribution in [0.25, 0.3) is 11.6 Å². The molecule has 0 aliphatic heterocycles. The number of carbonyl (C=O) groups excluding carboxylic acids is 2. The van der Waals surface area contributed by atoms with E-state index in [0.29, 0.717) is 22.6 Å². The number of carbonyl (C=O) groups is 2. The molecule has 3 aromatic rings. The first-order chi connectivity index (χ1) is 14.6. The van der Waals surface area contributed by atoms with Crippen molar-refractivity contribution in [1.82, 2.24) is 0 Å². The van der Waals surface area contributed by atoms with E-state index >= 15 is 0 Å². The zero-order chi connectivity index (χ0) is 21.3. The second-order valence-electron chi connectivity index (χ2n) is 6.66. The third-order valence-corrected chi connectivity index (χ3v) is 4.38. The molecular weight excluding hydrogens is 378 g/mol. The highest BCUT2D eigenvalue weighted by Gasteiger charge is 2.16. The van der Waals surface area contributed by atoms with E-state index in [4.69, 9.17) is 9.47 Å². The number of hydrogen-bond donors (Lipinski definition) is 1. The number of hydrogen-bond acceptors (Lipinski definition) is 4. The summed E-state index contributed by atoms with van der Waals surface area (Å²) in [5, 5.41) is 2.73. The Labute approximate surface area is 176 Å². The zero-order valence-electron chi connectivity index (χ0n) is 16.9. The van der Waals surface area contributed by atoms with E-state index in [1.807, 2.05) is 79.7 Å². The molecule has 0 saturated heterocycles. The Morgan fingerprint density at radius 2 is 1.67 bits per heavy atom. The van der Waals surface area contributed by atoms with Crippen molar-refractivity contribution >= 4 is 29.2 Å². The van der Waals surface area contributed by atoms with Crippen LogP contribution in [0.5, 0.6) is 5.75 Å². The summed E-state index contributed by atoms with van der Waals surface area (Å²) < 4.78 is 10.7. The van der Waals surface area contributed by atoms with E-state index in [-0.39, 0.29) is 6.61 Å². The van der Waals surface area contributed by atoms with Crippen molar-refractivity contribution in [2.24, 2.45) is 0 Å². The highest BCUT2D eigenvalue weighted by molar-refractivity contribution is 6.22. The first-order valence-electron chi connectivity index (χ1n) is 9.50. The summed E-state index contributed by atoms with van der Waals surface area (Å²) in [6.45, 7) is 1.55. The molecule has 30 heavy (non-hydrogen) atoms. The fourth-order valence-electron chi connectivity index (χ4n) is 2.95. The summed E-state index contributed by atoms with van der Waals surface area (Å²) in [5.74, 6) is -0.360. The van der Waals surface area contributed by atoms with Crippen molar-refractivity contribution in [3.63, 3.8) is 0 Å². The number of rotatable bonds is 7. The zero-order valence-corrected chi connectivity index (χ0v) is 16.9. The van der Waals surface area contributed by atoms with Crippen LogP contribution in [0, 0.1) is 6.92 Å². The summed E-state index contributed by atoms with van der Waals surface area (Å²) in [6.07, 6.45) is 1.70. The topological polar surface area (TPSA) is 64.6 Å². The van der Waals surface area contributed by atoms with E-state index in [9.17, 15) is 9.59 Å². The molecule has 0 aliphatic carbocycles. The molecule has 0 bridgehead atoms. The van der Waals surface area contributed by atoms with Gasteiger partial charge in [-0.2, -0.15) is 0 Å². The minimum absolute atomic E-state index is 0.337. The van der Waals surface area contributed by atoms with Gasteiger partial charge in [0.2, 0.25) is 0 Å². The maximum atomic E-state index is 12.8. The van der Waals surface area contributed by atoms with Gasteiger partial charge in [-0.05, 0) is 42.3 Å². The second-order valence-corrected chi connectivity index (χ2v) is 6.66. The largest absolute Gasteiger partial charge is 0.496 e. The van der Waals surface area contributed by atoms with Crippen LogP contribution < -0.4 is 10.1 Å². The number of benzene rings is 3. The number of ether oxygens (including phenoxy) is 2. The molecule has 0 unspecified atom stereocenters. The van der Waals surface area contributed by atoms with Crippen molar-refractivity contribution in [1.29, 1.82) is 0 Å². The molecule has 1 amide bonds. The Balaban J connectivity index is 1.77. The maximum absolute atomic E-state index is 12.8. The standard InChI is InChI=1S/C25H23NO4/c1-18-9-8-13-21(15-18)26-24(27)17-30-25(28)22(19-10-4-3-5-11-19)16-20-12-6-7-14-23(20)29-2/h3-16H,17H2,1-2H3,(H,26,27)/b22-16+. The second kappa shape index (κ2) is 10.1. The molecular formula is C25H23NO4. The fraction of sp³-hybridized carbons (Fsp3) is 0.120. The number of para-hydroxylation sites is 1. The molecule has 0 fully saturated rings. The van der Waals surface area contributed by atoms with Crippen LogP contribution in [0.4, 0.5) is 5.69 Å².